The largest absolute Gasteiger partial charge is 0.384 e. The lowest BCUT2D eigenvalue weighted by Gasteiger charge is -2.40. The summed E-state index contributed by atoms with van der Waals surface area (Å²) < 4.78 is 12.1. The maximum absolute atomic E-state index is 10.7. The van der Waals surface area contributed by atoms with Gasteiger partial charge in [0.05, 0.1) is 18.9 Å². The van der Waals surface area contributed by atoms with E-state index in [1.54, 1.807) is 0 Å². The molecule has 1 aliphatic heterocycles. The number of pyridine rings is 1. The lowest BCUT2D eigenvalue weighted by Crippen LogP contribution is -2.42. The first-order chi connectivity index (χ1) is 8.62. The van der Waals surface area contributed by atoms with Crippen molar-refractivity contribution in [2.24, 2.45) is 0 Å². The van der Waals surface area contributed by atoms with Crippen LogP contribution in [-0.4, -0.2) is 29.1 Å². The third-order valence-corrected chi connectivity index (χ3v) is 4.29. The molecule has 1 saturated carbocycles. The summed E-state index contributed by atoms with van der Waals surface area (Å²) in [7, 11) is 0. The van der Waals surface area contributed by atoms with Gasteiger partial charge >= 0.3 is 0 Å². The van der Waals surface area contributed by atoms with Gasteiger partial charge in [-0.25, -0.2) is 4.98 Å². The van der Waals surface area contributed by atoms with Crippen molar-refractivity contribution in [2.45, 2.75) is 37.1 Å². The Balaban J connectivity index is 1.78. The minimum Gasteiger partial charge on any atom is -0.384 e. The van der Waals surface area contributed by atoms with E-state index >= 15 is 0 Å². The van der Waals surface area contributed by atoms with Crippen LogP contribution in [0.15, 0.2) is 22.8 Å². The van der Waals surface area contributed by atoms with E-state index in [1.807, 2.05) is 18.2 Å². The second-order valence-electron chi connectivity index (χ2n) is 4.98. The monoisotopic (exact) mass is 313 g/mol. The van der Waals surface area contributed by atoms with Gasteiger partial charge in [0.2, 0.25) is 0 Å². The fourth-order valence-electron chi connectivity index (χ4n) is 2.75. The van der Waals surface area contributed by atoms with E-state index in [2.05, 4.69) is 20.9 Å². The second-order valence-corrected chi connectivity index (χ2v) is 5.80. The molecule has 2 fully saturated rings. The molecule has 0 unspecified atom stereocenters. The fourth-order valence-corrected chi connectivity index (χ4v) is 3.10. The van der Waals surface area contributed by atoms with Crippen LogP contribution in [0.3, 0.4) is 0 Å². The molecule has 1 aromatic heterocycles. The Kier molecular flexibility index (Phi) is 3.18. The van der Waals surface area contributed by atoms with Gasteiger partial charge in [0.1, 0.15) is 10.2 Å². The zero-order valence-corrected chi connectivity index (χ0v) is 11.6. The molecule has 5 heteroatoms. The zero-order chi connectivity index (χ0) is 12.6. The first kappa shape index (κ1) is 12.5. The number of ether oxygens (including phenoxy) is 2. The summed E-state index contributed by atoms with van der Waals surface area (Å²) in [5.41, 5.74) is -0.130. The van der Waals surface area contributed by atoms with Crippen LogP contribution in [0.2, 0.25) is 0 Å². The molecule has 0 bridgehead atoms. The van der Waals surface area contributed by atoms with Crippen molar-refractivity contribution in [2.75, 3.05) is 13.2 Å². The van der Waals surface area contributed by atoms with Crippen LogP contribution in [0.1, 0.15) is 31.4 Å². The van der Waals surface area contributed by atoms with Gasteiger partial charge in [-0.15, -0.1) is 0 Å². The highest BCUT2D eigenvalue weighted by Gasteiger charge is 2.46. The molecule has 98 valence electrons. The van der Waals surface area contributed by atoms with Crippen molar-refractivity contribution in [1.29, 1.82) is 0 Å². The minimum absolute atomic E-state index is 0.446. The van der Waals surface area contributed by atoms with Crippen molar-refractivity contribution >= 4 is 15.9 Å². The first-order valence-corrected chi connectivity index (χ1v) is 7.05. The summed E-state index contributed by atoms with van der Waals surface area (Å²) >= 11 is 3.34. The fraction of sp³-hybridized carbons (Fsp3) is 0.615. The third kappa shape index (κ3) is 2.20. The Bertz CT molecular complexity index is 436. The van der Waals surface area contributed by atoms with Gasteiger partial charge in [-0.3, -0.25) is 0 Å². The molecule has 1 aliphatic carbocycles. The van der Waals surface area contributed by atoms with Crippen molar-refractivity contribution in [3.05, 3.63) is 28.5 Å². The second kappa shape index (κ2) is 4.56. The molecule has 0 amide bonds. The normalized spacial score (nSPS) is 25.4. The van der Waals surface area contributed by atoms with Gasteiger partial charge in [-0.05, 0) is 40.9 Å². The Hall–Kier alpha value is -0.490. The summed E-state index contributed by atoms with van der Waals surface area (Å²) in [6, 6.07) is 5.64. The van der Waals surface area contributed by atoms with Crippen LogP contribution in [0.25, 0.3) is 0 Å². The van der Waals surface area contributed by atoms with E-state index in [-0.39, 0.29) is 0 Å². The van der Waals surface area contributed by atoms with E-state index in [1.165, 1.54) is 0 Å². The van der Waals surface area contributed by atoms with Gasteiger partial charge in [0, 0.05) is 12.8 Å². The number of rotatable bonds is 1. The number of hydrogen-bond acceptors (Lipinski definition) is 4. The molecular formula is C13H16BrNO3. The topological polar surface area (TPSA) is 51.6 Å². The number of aliphatic hydroxyl groups is 1. The van der Waals surface area contributed by atoms with Gasteiger partial charge in [0.25, 0.3) is 0 Å². The molecule has 1 aromatic rings. The van der Waals surface area contributed by atoms with E-state index in [0.717, 1.165) is 23.1 Å². The third-order valence-electron chi connectivity index (χ3n) is 3.84. The molecule has 1 N–H and O–H groups in total. The molecule has 1 spiro atoms. The summed E-state index contributed by atoms with van der Waals surface area (Å²) in [4.78, 5) is 4.37. The average Bonchev–Trinajstić information content (AvgIpc) is 2.83. The van der Waals surface area contributed by atoms with Crippen molar-refractivity contribution in [3.63, 3.8) is 0 Å². The summed E-state index contributed by atoms with van der Waals surface area (Å²) in [5.74, 6) is -0.446. The molecule has 18 heavy (non-hydrogen) atoms. The molecule has 3 rings (SSSR count). The Labute approximate surface area is 114 Å². The molecule has 0 atom stereocenters. The summed E-state index contributed by atoms with van der Waals surface area (Å²) in [6.07, 6.45) is 2.68. The zero-order valence-electron chi connectivity index (χ0n) is 10.1. The van der Waals surface area contributed by atoms with Crippen LogP contribution in [-0.2, 0) is 15.1 Å². The lowest BCUT2D eigenvalue weighted by molar-refractivity contribution is -0.204. The van der Waals surface area contributed by atoms with E-state index in [9.17, 15) is 5.11 Å². The van der Waals surface area contributed by atoms with Crippen LogP contribution < -0.4 is 0 Å². The standard InChI is InChI=1S/C13H16BrNO3/c14-11-3-1-2-10(15-11)12(16)4-6-13(7-5-12)17-8-9-18-13/h1-3,16H,4-9H2. The highest BCUT2D eigenvalue weighted by atomic mass is 79.9. The van der Waals surface area contributed by atoms with E-state index in [0.29, 0.717) is 26.1 Å². The molecular weight excluding hydrogens is 298 g/mol. The van der Waals surface area contributed by atoms with Crippen molar-refractivity contribution in [1.82, 2.24) is 4.98 Å². The smallest absolute Gasteiger partial charge is 0.168 e. The van der Waals surface area contributed by atoms with Crippen LogP contribution in [0.4, 0.5) is 0 Å². The predicted octanol–water partition coefficient (Wildman–Crippen LogP) is 2.35. The Morgan fingerprint density at radius 2 is 1.78 bits per heavy atom. The number of hydrogen-bond donors (Lipinski definition) is 1. The molecule has 1 saturated heterocycles. The number of halogens is 1. The SMILES string of the molecule is OC1(c2cccc(Br)n2)CCC2(CC1)OCCO2. The first-order valence-electron chi connectivity index (χ1n) is 6.25. The van der Waals surface area contributed by atoms with E-state index in [4.69, 9.17) is 9.47 Å². The van der Waals surface area contributed by atoms with Crippen LogP contribution in [0.5, 0.6) is 0 Å². The summed E-state index contributed by atoms with van der Waals surface area (Å²) in [5, 5.41) is 10.7. The van der Waals surface area contributed by atoms with Gasteiger partial charge in [-0.1, -0.05) is 6.07 Å². The maximum Gasteiger partial charge on any atom is 0.168 e. The Morgan fingerprint density at radius 3 is 2.39 bits per heavy atom. The van der Waals surface area contributed by atoms with Gasteiger partial charge in [-0.2, -0.15) is 0 Å². The molecule has 0 aromatic carbocycles. The van der Waals surface area contributed by atoms with Gasteiger partial charge < -0.3 is 14.6 Å². The van der Waals surface area contributed by atoms with Crippen LogP contribution in [0, 0.1) is 0 Å². The lowest BCUT2D eigenvalue weighted by atomic mass is 9.79. The van der Waals surface area contributed by atoms with Crippen molar-refractivity contribution < 1.29 is 14.6 Å². The van der Waals surface area contributed by atoms with Gasteiger partial charge in [0.15, 0.2) is 5.79 Å². The maximum atomic E-state index is 10.7. The molecule has 2 aliphatic rings. The summed E-state index contributed by atoms with van der Waals surface area (Å²) in [6.45, 7) is 1.32. The highest BCUT2D eigenvalue weighted by molar-refractivity contribution is 9.10. The molecule has 4 nitrogen and oxygen atoms in total. The van der Waals surface area contributed by atoms with E-state index < -0.39 is 11.4 Å². The predicted molar refractivity (Wildman–Crippen MR) is 68.9 cm³/mol. The molecule has 2 heterocycles. The van der Waals surface area contributed by atoms with Crippen LogP contribution >= 0.6 is 15.9 Å². The average molecular weight is 314 g/mol. The molecule has 0 radical (unpaired) electrons. The number of nitrogens with zero attached hydrogens (tertiary/aromatic N) is 1. The quantitative estimate of drug-likeness (QED) is 0.809. The van der Waals surface area contributed by atoms with Crippen molar-refractivity contribution in [3.8, 4) is 0 Å². The minimum atomic E-state index is -0.857. The highest BCUT2D eigenvalue weighted by Crippen LogP contribution is 2.44. The number of aromatic nitrogens is 1. The Morgan fingerprint density at radius 1 is 1.11 bits per heavy atom.